The van der Waals surface area contributed by atoms with Gasteiger partial charge in [-0.15, -0.1) is 6.58 Å². The lowest BCUT2D eigenvalue weighted by Crippen LogP contribution is -1.99. The Kier molecular flexibility index (Phi) is 3.15. The van der Waals surface area contributed by atoms with Crippen LogP contribution in [0.25, 0.3) is 22.4 Å². The van der Waals surface area contributed by atoms with Gasteiger partial charge in [-0.3, -0.25) is 0 Å². The van der Waals surface area contributed by atoms with Crippen LogP contribution in [-0.2, 0) is 6.54 Å². The zero-order valence-electron chi connectivity index (χ0n) is 11.9. The van der Waals surface area contributed by atoms with Crippen LogP contribution in [-0.4, -0.2) is 9.55 Å². The number of aryl methyl sites for hydroxylation is 2. The molecule has 1 aromatic heterocycles. The zero-order chi connectivity index (χ0) is 14.1. The molecule has 2 aromatic carbocycles. The third-order valence-electron chi connectivity index (χ3n) is 3.59. The van der Waals surface area contributed by atoms with E-state index in [1.54, 1.807) is 0 Å². The van der Waals surface area contributed by atoms with Crippen LogP contribution in [0.4, 0.5) is 0 Å². The van der Waals surface area contributed by atoms with Gasteiger partial charge in [-0.2, -0.15) is 0 Å². The van der Waals surface area contributed by atoms with Gasteiger partial charge < -0.3 is 4.57 Å². The Morgan fingerprint density at radius 1 is 1.15 bits per heavy atom. The first kappa shape index (κ1) is 12.7. The summed E-state index contributed by atoms with van der Waals surface area (Å²) in [4.78, 5) is 4.81. The summed E-state index contributed by atoms with van der Waals surface area (Å²) in [6, 6.07) is 14.7. The maximum Gasteiger partial charge on any atom is 0.141 e. The van der Waals surface area contributed by atoms with Gasteiger partial charge >= 0.3 is 0 Å². The van der Waals surface area contributed by atoms with Gasteiger partial charge in [0, 0.05) is 12.1 Å². The second-order valence-electron chi connectivity index (χ2n) is 5.14. The Morgan fingerprint density at radius 2 is 1.95 bits per heavy atom. The molecule has 0 fully saturated rings. The van der Waals surface area contributed by atoms with Gasteiger partial charge in [0.25, 0.3) is 0 Å². The van der Waals surface area contributed by atoms with E-state index < -0.39 is 0 Å². The Balaban J connectivity index is 2.29. The van der Waals surface area contributed by atoms with Crippen molar-refractivity contribution in [2.45, 2.75) is 20.4 Å². The number of fused-ring (bicyclic) bond motifs is 1. The largest absolute Gasteiger partial charge is 0.320 e. The molecular formula is C18H18N2. The third-order valence-corrected chi connectivity index (χ3v) is 3.59. The second-order valence-corrected chi connectivity index (χ2v) is 5.14. The van der Waals surface area contributed by atoms with Crippen molar-refractivity contribution < 1.29 is 0 Å². The molecule has 0 aliphatic rings. The van der Waals surface area contributed by atoms with E-state index in [1.165, 1.54) is 16.7 Å². The van der Waals surface area contributed by atoms with Gasteiger partial charge in [-0.1, -0.05) is 42.0 Å². The lowest BCUT2D eigenvalue weighted by Gasteiger charge is -2.09. The van der Waals surface area contributed by atoms with Crippen LogP contribution in [0.1, 0.15) is 11.1 Å². The molecule has 1 heterocycles. The zero-order valence-corrected chi connectivity index (χ0v) is 11.9. The summed E-state index contributed by atoms with van der Waals surface area (Å²) in [5.41, 5.74) is 5.91. The Bertz CT molecular complexity index is 781. The minimum atomic E-state index is 0.767. The van der Waals surface area contributed by atoms with E-state index in [-0.39, 0.29) is 0 Å². The topological polar surface area (TPSA) is 17.8 Å². The lowest BCUT2D eigenvalue weighted by molar-refractivity contribution is 0.861. The second kappa shape index (κ2) is 4.97. The number of hydrogen-bond donors (Lipinski definition) is 0. The van der Waals surface area contributed by atoms with Crippen molar-refractivity contribution in [2.75, 3.05) is 0 Å². The molecule has 3 aromatic rings. The highest BCUT2D eigenvalue weighted by molar-refractivity contribution is 5.81. The predicted octanol–water partition coefficient (Wildman–Crippen LogP) is 4.51. The van der Waals surface area contributed by atoms with Crippen LogP contribution in [0.5, 0.6) is 0 Å². The first-order chi connectivity index (χ1) is 9.70. The van der Waals surface area contributed by atoms with Crippen molar-refractivity contribution in [1.82, 2.24) is 9.55 Å². The van der Waals surface area contributed by atoms with Gasteiger partial charge in [0.05, 0.1) is 11.0 Å². The molecule has 100 valence electrons. The van der Waals surface area contributed by atoms with E-state index in [4.69, 9.17) is 4.98 Å². The first-order valence-corrected chi connectivity index (χ1v) is 6.84. The highest BCUT2D eigenvalue weighted by Crippen LogP contribution is 2.27. The van der Waals surface area contributed by atoms with Crippen LogP contribution in [0, 0.1) is 13.8 Å². The van der Waals surface area contributed by atoms with Crippen LogP contribution in [0.2, 0.25) is 0 Å². The van der Waals surface area contributed by atoms with Gasteiger partial charge in [0.1, 0.15) is 5.82 Å². The fraction of sp³-hybridized carbons (Fsp3) is 0.167. The molecule has 0 spiro atoms. The Morgan fingerprint density at radius 3 is 2.70 bits per heavy atom. The number of imidazole rings is 1. The molecular weight excluding hydrogens is 244 g/mol. The summed E-state index contributed by atoms with van der Waals surface area (Å²) in [5.74, 6) is 1.02. The van der Waals surface area contributed by atoms with Gasteiger partial charge in [-0.05, 0) is 31.5 Å². The molecule has 2 heteroatoms. The fourth-order valence-electron chi connectivity index (χ4n) is 2.66. The summed E-state index contributed by atoms with van der Waals surface area (Å²) in [7, 11) is 0. The highest BCUT2D eigenvalue weighted by Gasteiger charge is 2.13. The predicted molar refractivity (Wildman–Crippen MR) is 84.8 cm³/mol. The van der Waals surface area contributed by atoms with Crippen molar-refractivity contribution in [3.05, 3.63) is 66.2 Å². The molecule has 0 radical (unpaired) electrons. The minimum absolute atomic E-state index is 0.767. The smallest absolute Gasteiger partial charge is 0.141 e. The molecule has 0 unspecified atom stereocenters. The molecule has 0 saturated heterocycles. The number of allylic oxidation sites excluding steroid dienone is 1. The van der Waals surface area contributed by atoms with Gasteiger partial charge in [0.15, 0.2) is 0 Å². The third kappa shape index (κ3) is 2.03. The van der Waals surface area contributed by atoms with Crippen LogP contribution < -0.4 is 0 Å². The molecule has 2 nitrogen and oxygen atoms in total. The van der Waals surface area contributed by atoms with Gasteiger partial charge in [-0.25, -0.2) is 4.98 Å². The number of para-hydroxylation sites is 2. The molecule has 0 bridgehead atoms. The molecule has 0 N–H and O–H groups in total. The monoisotopic (exact) mass is 262 g/mol. The molecule has 0 amide bonds. The summed E-state index contributed by atoms with van der Waals surface area (Å²) in [6.07, 6.45) is 1.92. The number of nitrogens with zero attached hydrogens (tertiary/aromatic N) is 2. The summed E-state index contributed by atoms with van der Waals surface area (Å²) in [6.45, 7) is 8.89. The van der Waals surface area contributed by atoms with Crippen LogP contribution in [0.15, 0.2) is 55.1 Å². The number of benzene rings is 2. The molecule has 20 heavy (non-hydrogen) atoms. The van der Waals surface area contributed by atoms with E-state index in [0.29, 0.717) is 0 Å². The van der Waals surface area contributed by atoms with E-state index >= 15 is 0 Å². The maximum absolute atomic E-state index is 4.81. The van der Waals surface area contributed by atoms with Crippen LogP contribution in [0.3, 0.4) is 0 Å². The first-order valence-electron chi connectivity index (χ1n) is 6.84. The summed E-state index contributed by atoms with van der Waals surface area (Å²) in [5, 5.41) is 0. The molecule has 0 aliphatic heterocycles. The molecule has 0 atom stereocenters. The summed E-state index contributed by atoms with van der Waals surface area (Å²) >= 11 is 0. The van der Waals surface area contributed by atoms with Crippen molar-refractivity contribution >= 4 is 11.0 Å². The van der Waals surface area contributed by atoms with Crippen molar-refractivity contribution in [2.24, 2.45) is 0 Å². The van der Waals surface area contributed by atoms with Gasteiger partial charge in [0.2, 0.25) is 0 Å². The number of hydrogen-bond acceptors (Lipinski definition) is 1. The van der Waals surface area contributed by atoms with Crippen molar-refractivity contribution in [3.63, 3.8) is 0 Å². The Hall–Kier alpha value is -2.35. The molecule has 0 saturated carbocycles. The minimum Gasteiger partial charge on any atom is -0.320 e. The fourth-order valence-corrected chi connectivity index (χ4v) is 2.66. The Labute approximate surface area is 119 Å². The average Bonchev–Trinajstić information content (AvgIpc) is 2.78. The normalized spacial score (nSPS) is 10.9. The van der Waals surface area contributed by atoms with E-state index in [9.17, 15) is 0 Å². The standard InChI is InChI=1S/C18H18N2/c1-4-11-20-17-8-6-5-7-16(17)19-18(20)15-10-9-13(2)12-14(15)3/h4-10,12H,1,11H2,2-3H3. The molecule has 0 aliphatic carbocycles. The number of rotatable bonds is 3. The SMILES string of the molecule is C=CCn1c(-c2ccc(C)cc2C)nc2ccccc21. The van der Waals surface area contributed by atoms with E-state index in [1.807, 2.05) is 12.1 Å². The van der Waals surface area contributed by atoms with Crippen molar-refractivity contribution in [3.8, 4) is 11.4 Å². The molecule has 3 rings (SSSR count). The number of aromatic nitrogens is 2. The van der Waals surface area contributed by atoms with E-state index in [0.717, 1.165) is 23.4 Å². The highest BCUT2D eigenvalue weighted by atomic mass is 15.1. The quantitative estimate of drug-likeness (QED) is 0.635. The summed E-state index contributed by atoms with van der Waals surface area (Å²) < 4.78 is 2.22. The van der Waals surface area contributed by atoms with Crippen LogP contribution >= 0.6 is 0 Å². The van der Waals surface area contributed by atoms with Crippen molar-refractivity contribution in [1.29, 1.82) is 0 Å². The maximum atomic E-state index is 4.81. The van der Waals surface area contributed by atoms with E-state index in [2.05, 4.69) is 61.4 Å². The average molecular weight is 262 g/mol. The lowest BCUT2D eigenvalue weighted by atomic mass is 10.1.